The Morgan fingerprint density at radius 2 is 1.87 bits per heavy atom. The van der Waals surface area contributed by atoms with Crippen LogP contribution in [-0.2, 0) is 19.6 Å². The molecular formula is C31H35FN4O2. The minimum atomic E-state index is -0.312. The number of hydrogen-bond acceptors (Lipinski definition) is 4. The van der Waals surface area contributed by atoms with Crippen molar-refractivity contribution in [1.82, 2.24) is 20.1 Å². The second kappa shape index (κ2) is 12.2. The van der Waals surface area contributed by atoms with Gasteiger partial charge in [0.05, 0.1) is 18.2 Å². The van der Waals surface area contributed by atoms with Gasteiger partial charge in [0, 0.05) is 50.3 Å². The number of nitrogens with one attached hydrogen (secondary N) is 2. The van der Waals surface area contributed by atoms with E-state index in [2.05, 4.69) is 50.4 Å². The number of para-hydroxylation sites is 1. The zero-order valence-electron chi connectivity index (χ0n) is 21.8. The number of hydrogen-bond donors (Lipinski definition) is 2. The van der Waals surface area contributed by atoms with Gasteiger partial charge in [-0.25, -0.2) is 4.39 Å². The second-order valence-corrected chi connectivity index (χ2v) is 9.92. The Balaban J connectivity index is 1.19. The Kier molecular flexibility index (Phi) is 8.36. The van der Waals surface area contributed by atoms with Crippen LogP contribution < -0.4 is 15.4 Å². The molecule has 1 aliphatic rings. The Hall–Kier alpha value is -3.68. The van der Waals surface area contributed by atoms with Crippen molar-refractivity contribution in [2.45, 2.75) is 38.5 Å². The number of rotatable bonds is 11. The van der Waals surface area contributed by atoms with Crippen molar-refractivity contribution < 1.29 is 13.9 Å². The number of likely N-dealkylation sites (tertiary alicyclic amines) is 1. The maximum absolute atomic E-state index is 13.5. The van der Waals surface area contributed by atoms with Gasteiger partial charge >= 0.3 is 0 Å². The number of aryl methyl sites for hydroxylation is 1. The van der Waals surface area contributed by atoms with E-state index in [0.29, 0.717) is 11.6 Å². The van der Waals surface area contributed by atoms with Gasteiger partial charge in [-0.2, -0.15) is 0 Å². The van der Waals surface area contributed by atoms with E-state index in [1.54, 1.807) is 19.2 Å². The zero-order valence-corrected chi connectivity index (χ0v) is 21.8. The molecule has 1 amide bonds. The van der Waals surface area contributed by atoms with Gasteiger partial charge in [0.2, 0.25) is 0 Å². The van der Waals surface area contributed by atoms with E-state index in [1.807, 2.05) is 24.4 Å². The van der Waals surface area contributed by atoms with E-state index in [0.717, 1.165) is 67.8 Å². The average Bonchev–Trinajstić information content (AvgIpc) is 3.54. The van der Waals surface area contributed by atoms with Gasteiger partial charge in [-0.05, 0) is 48.7 Å². The van der Waals surface area contributed by atoms with Crippen LogP contribution >= 0.6 is 0 Å². The smallest absolute Gasteiger partial charge is 0.253 e. The van der Waals surface area contributed by atoms with E-state index in [-0.39, 0.29) is 18.3 Å². The zero-order chi connectivity index (χ0) is 26.3. The molecule has 0 saturated carbocycles. The van der Waals surface area contributed by atoms with Gasteiger partial charge in [-0.15, -0.1) is 0 Å². The van der Waals surface area contributed by atoms with Crippen molar-refractivity contribution in [3.8, 4) is 5.75 Å². The maximum atomic E-state index is 13.5. The van der Waals surface area contributed by atoms with E-state index in [9.17, 15) is 9.18 Å². The molecule has 1 aliphatic heterocycles. The van der Waals surface area contributed by atoms with Gasteiger partial charge in [0.15, 0.2) is 0 Å². The Morgan fingerprint density at radius 3 is 2.68 bits per heavy atom. The van der Waals surface area contributed by atoms with Crippen LogP contribution in [0.4, 0.5) is 4.39 Å². The number of methoxy groups -OCH3 is 1. The summed E-state index contributed by atoms with van der Waals surface area (Å²) in [6.45, 7) is 5.10. The molecule has 5 rings (SSSR count). The molecule has 0 aliphatic carbocycles. The molecule has 0 radical (unpaired) electrons. The van der Waals surface area contributed by atoms with Crippen molar-refractivity contribution in [2.24, 2.45) is 0 Å². The maximum Gasteiger partial charge on any atom is 0.253 e. The summed E-state index contributed by atoms with van der Waals surface area (Å²) in [5, 5.41) is 7.50. The number of carbonyl (C=O) groups excluding carboxylic acids is 1. The number of carbonyl (C=O) groups is 1. The van der Waals surface area contributed by atoms with E-state index >= 15 is 0 Å². The summed E-state index contributed by atoms with van der Waals surface area (Å²) in [7, 11) is 1.65. The van der Waals surface area contributed by atoms with Crippen molar-refractivity contribution >= 4 is 16.8 Å². The van der Waals surface area contributed by atoms with Crippen molar-refractivity contribution in [3.63, 3.8) is 0 Å². The summed E-state index contributed by atoms with van der Waals surface area (Å²) in [6, 6.07) is 23.2. The quantitative estimate of drug-likeness (QED) is 0.278. The SMILES string of the molecule is COc1cccc2c(C(=O)NCc3cccc(F)c3)cn(CCCNC3CCN(Cc4ccccc4)C3)c12. The third-order valence-corrected chi connectivity index (χ3v) is 7.20. The van der Waals surface area contributed by atoms with Crippen LogP contribution in [0.1, 0.15) is 34.3 Å². The number of ether oxygens (including phenoxy) is 1. The summed E-state index contributed by atoms with van der Waals surface area (Å²) < 4.78 is 21.3. The van der Waals surface area contributed by atoms with Crippen molar-refractivity contribution in [1.29, 1.82) is 0 Å². The molecule has 3 aromatic carbocycles. The first-order valence-corrected chi connectivity index (χ1v) is 13.3. The highest BCUT2D eigenvalue weighted by Gasteiger charge is 2.22. The highest BCUT2D eigenvalue weighted by atomic mass is 19.1. The van der Waals surface area contributed by atoms with Gasteiger partial charge in [-0.3, -0.25) is 9.69 Å². The van der Waals surface area contributed by atoms with Crippen LogP contribution in [0.2, 0.25) is 0 Å². The van der Waals surface area contributed by atoms with Gasteiger partial charge in [0.1, 0.15) is 11.6 Å². The Bertz CT molecular complexity index is 1370. The predicted octanol–water partition coefficient (Wildman–Crippen LogP) is 4.97. The molecule has 1 unspecified atom stereocenters. The number of halogens is 1. The number of amides is 1. The fourth-order valence-corrected chi connectivity index (χ4v) is 5.31. The Morgan fingerprint density at radius 1 is 1.05 bits per heavy atom. The lowest BCUT2D eigenvalue weighted by atomic mass is 10.1. The van der Waals surface area contributed by atoms with Gasteiger partial charge in [-0.1, -0.05) is 54.6 Å². The molecule has 2 heterocycles. The summed E-state index contributed by atoms with van der Waals surface area (Å²) in [4.78, 5) is 15.6. The van der Waals surface area contributed by atoms with Crippen LogP contribution in [-0.4, -0.2) is 48.2 Å². The highest BCUT2D eigenvalue weighted by Crippen LogP contribution is 2.30. The molecule has 4 aromatic rings. The highest BCUT2D eigenvalue weighted by molar-refractivity contribution is 6.08. The number of benzene rings is 3. The Labute approximate surface area is 223 Å². The third-order valence-electron chi connectivity index (χ3n) is 7.20. The van der Waals surface area contributed by atoms with Crippen molar-refractivity contribution in [2.75, 3.05) is 26.7 Å². The minimum Gasteiger partial charge on any atom is -0.495 e. The first-order valence-electron chi connectivity index (χ1n) is 13.3. The molecule has 198 valence electrons. The third kappa shape index (κ3) is 6.23. The molecule has 7 heteroatoms. The number of nitrogens with zero attached hydrogens (tertiary/aromatic N) is 2. The van der Waals surface area contributed by atoms with Crippen molar-refractivity contribution in [3.05, 3.63) is 102 Å². The normalized spacial score (nSPS) is 15.7. The fourth-order valence-electron chi connectivity index (χ4n) is 5.31. The predicted molar refractivity (Wildman–Crippen MR) is 149 cm³/mol. The van der Waals surface area contributed by atoms with Gasteiger partial charge < -0.3 is 19.9 Å². The molecule has 0 spiro atoms. The molecule has 1 fully saturated rings. The number of fused-ring (bicyclic) bond motifs is 1. The first-order chi connectivity index (χ1) is 18.6. The van der Waals surface area contributed by atoms with Crippen LogP contribution in [0, 0.1) is 5.82 Å². The molecule has 1 atom stereocenters. The lowest BCUT2D eigenvalue weighted by molar-refractivity contribution is 0.0952. The van der Waals surface area contributed by atoms with Crippen LogP contribution in [0.25, 0.3) is 10.9 Å². The van der Waals surface area contributed by atoms with E-state index in [4.69, 9.17) is 4.74 Å². The van der Waals surface area contributed by atoms with Crippen LogP contribution in [0.15, 0.2) is 79.0 Å². The topological polar surface area (TPSA) is 58.5 Å². The van der Waals surface area contributed by atoms with Gasteiger partial charge in [0.25, 0.3) is 5.91 Å². The second-order valence-electron chi connectivity index (χ2n) is 9.92. The molecule has 6 nitrogen and oxygen atoms in total. The van der Waals surface area contributed by atoms with Crippen LogP contribution in [0.5, 0.6) is 5.75 Å². The molecule has 0 bridgehead atoms. The number of aromatic nitrogens is 1. The van der Waals surface area contributed by atoms with E-state index in [1.165, 1.54) is 17.7 Å². The minimum absolute atomic E-state index is 0.186. The molecule has 1 aromatic heterocycles. The fraction of sp³-hybridized carbons (Fsp3) is 0.323. The van der Waals surface area contributed by atoms with E-state index < -0.39 is 0 Å². The van der Waals surface area contributed by atoms with Crippen LogP contribution in [0.3, 0.4) is 0 Å². The molecule has 38 heavy (non-hydrogen) atoms. The largest absolute Gasteiger partial charge is 0.495 e. The molecule has 2 N–H and O–H groups in total. The first kappa shape index (κ1) is 25.9. The summed E-state index contributed by atoms with van der Waals surface area (Å²) in [6.07, 6.45) is 4.00. The summed E-state index contributed by atoms with van der Waals surface area (Å²) in [5.41, 5.74) is 3.59. The summed E-state index contributed by atoms with van der Waals surface area (Å²) >= 11 is 0. The lowest BCUT2D eigenvalue weighted by Gasteiger charge is -2.17. The average molecular weight is 515 g/mol. The standard InChI is InChI=1S/C31H35FN4O2/c1-38-29-13-6-12-27-28(31(37)34-19-24-10-5-11-25(32)18-24)22-36(30(27)29)16-7-15-33-26-14-17-35(21-26)20-23-8-3-2-4-9-23/h2-6,8-13,18,22,26,33H,7,14-17,19-21H2,1H3,(H,34,37). The summed E-state index contributed by atoms with van der Waals surface area (Å²) in [5.74, 6) is 0.244. The monoisotopic (exact) mass is 514 g/mol. The lowest BCUT2D eigenvalue weighted by Crippen LogP contribution is -2.33. The molecule has 1 saturated heterocycles. The molecular weight excluding hydrogens is 479 g/mol.